The number of carbonyl (C=O) groups excluding carboxylic acids is 1. The van der Waals surface area contributed by atoms with E-state index < -0.39 is 35.4 Å². The molecule has 0 fully saturated rings. The molecule has 0 aliphatic rings. The predicted octanol–water partition coefficient (Wildman–Crippen LogP) is 1.28. The van der Waals surface area contributed by atoms with Crippen LogP contribution in [0.25, 0.3) is 0 Å². The zero-order chi connectivity index (χ0) is 15.3. The molecule has 2 unspecified atom stereocenters. The van der Waals surface area contributed by atoms with E-state index in [0.717, 1.165) is 0 Å². The van der Waals surface area contributed by atoms with Crippen molar-refractivity contribution in [3.63, 3.8) is 0 Å². The molecule has 114 valence electrons. The first-order valence-electron chi connectivity index (χ1n) is 5.99. The smallest absolute Gasteiger partial charge is 0.328 e. The maximum atomic E-state index is 11.8. The van der Waals surface area contributed by atoms with Gasteiger partial charge in [0.25, 0.3) is 0 Å². The average molecular weight is 314 g/mol. The summed E-state index contributed by atoms with van der Waals surface area (Å²) in [5, 5.41) is 0. The Morgan fingerprint density at radius 2 is 1.95 bits per heavy atom. The molecule has 0 spiro atoms. The van der Waals surface area contributed by atoms with Crippen LogP contribution < -0.4 is 0 Å². The topological polar surface area (TPSA) is 101 Å². The molecule has 8 heteroatoms. The van der Waals surface area contributed by atoms with Crippen LogP contribution >= 0.6 is 7.60 Å². The third kappa shape index (κ3) is 7.20. The summed E-state index contributed by atoms with van der Waals surface area (Å²) in [5.74, 6) is 0.0961. The van der Waals surface area contributed by atoms with Crippen molar-refractivity contribution < 1.29 is 28.1 Å². The van der Waals surface area contributed by atoms with Crippen LogP contribution in [0, 0.1) is 5.41 Å². The summed E-state index contributed by atoms with van der Waals surface area (Å²) in [7, 11) is -3.97. The van der Waals surface area contributed by atoms with Gasteiger partial charge in [0.2, 0.25) is 0 Å². The van der Waals surface area contributed by atoms with Crippen molar-refractivity contribution in [2.24, 2.45) is 5.41 Å². The molecule has 0 bridgehead atoms. The first kappa shape index (κ1) is 18.8. The highest BCUT2D eigenvalue weighted by atomic mass is 32.2. The molecule has 0 saturated heterocycles. The lowest BCUT2D eigenvalue weighted by Gasteiger charge is -2.20. The minimum atomic E-state index is -4.05. The van der Waals surface area contributed by atoms with Gasteiger partial charge in [0.1, 0.15) is 0 Å². The molecule has 19 heavy (non-hydrogen) atoms. The Kier molecular flexibility index (Phi) is 7.43. The van der Waals surface area contributed by atoms with Crippen LogP contribution in [0.15, 0.2) is 0 Å². The van der Waals surface area contributed by atoms with Crippen molar-refractivity contribution in [3.05, 3.63) is 0 Å². The fourth-order valence-electron chi connectivity index (χ4n) is 1.52. The number of hydrogen-bond donors (Lipinski definition) is 2. The second-order valence-electron chi connectivity index (χ2n) is 5.24. The van der Waals surface area contributed by atoms with Gasteiger partial charge in [-0.1, -0.05) is 6.92 Å². The van der Waals surface area contributed by atoms with Gasteiger partial charge in [0.05, 0.1) is 18.2 Å². The van der Waals surface area contributed by atoms with Crippen LogP contribution in [0.3, 0.4) is 0 Å². The van der Waals surface area contributed by atoms with E-state index >= 15 is 0 Å². The normalized spacial score (nSPS) is 15.9. The highest BCUT2D eigenvalue weighted by Gasteiger charge is 2.31. The second-order valence-corrected chi connectivity index (χ2v) is 8.88. The summed E-state index contributed by atoms with van der Waals surface area (Å²) < 4.78 is 27.4. The molecule has 0 radical (unpaired) electrons. The Hall–Kier alpha value is -0.230. The van der Waals surface area contributed by atoms with E-state index in [1.54, 1.807) is 13.8 Å². The van der Waals surface area contributed by atoms with Crippen LogP contribution in [0.4, 0.5) is 0 Å². The number of hydrogen-bond acceptors (Lipinski definition) is 4. The van der Waals surface area contributed by atoms with Crippen molar-refractivity contribution in [2.45, 2.75) is 39.3 Å². The molecule has 0 aliphatic heterocycles. The number of carbonyl (C=O) groups is 1. The maximum Gasteiger partial charge on any atom is 0.328 e. The van der Waals surface area contributed by atoms with Gasteiger partial charge in [-0.2, -0.15) is 0 Å². The first-order valence-corrected chi connectivity index (χ1v) is 9.16. The van der Waals surface area contributed by atoms with Crippen molar-refractivity contribution in [1.29, 1.82) is 0 Å². The fraction of sp³-hybridized carbons (Fsp3) is 0.909. The lowest BCUT2D eigenvalue weighted by molar-refractivity contribution is -0.149. The Balaban J connectivity index is 4.14. The number of methoxy groups -OCH3 is 1. The summed E-state index contributed by atoms with van der Waals surface area (Å²) in [4.78, 5) is 29.3. The van der Waals surface area contributed by atoms with Gasteiger partial charge < -0.3 is 14.5 Å². The molecule has 0 heterocycles. The lowest BCUT2D eigenvalue weighted by atomic mass is 9.97. The molecule has 0 aromatic carbocycles. The summed E-state index contributed by atoms with van der Waals surface area (Å²) >= 11 is 0. The first-order chi connectivity index (χ1) is 8.50. The van der Waals surface area contributed by atoms with Crippen LogP contribution in [0.2, 0.25) is 0 Å². The maximum absolute atomic E-state index is 11.8. The van der Waals surface area contributed by atoms with Crippen LogP contribution in [-0.4, -0.2) is 44.2 Å². The summed E-state index contributed by atoms with van der Waals surface area (Å²) in [6.07, 6.45) is 0.769. The molecule has 0 aromatic rings. The lowest BCUT2D eigenvalue weighted by Crippen LogP contribution is -2.32. The minimum Gasteiger partial charge on any atom is -0.469 e. The predicted molar refractivity (Wildman–Crippen MR) is 74.4 cm³/mol. The van der Waals surface area contributed by atoms with Gasteiger partial charge in [-0.25, -0.2) is 0 Å². The van der Waals surface area contributed by atoms with Gasteiger partial charge in [-0.15, -0.1) is 0 Å². The third-order valence-electron chi connectivity index (χ3n) is 2.83. The quantitative estimate of drug-likeness (QED) is 0.517. The van der Waals surface area contributed by atoms with Gasteiger partial charge >= 0.3 is 13.6 Å². The second kappa shape index (κ2) is 7.53. The Labute approximate surface area is 116 Å². The minimum absolute atomic E-state index is 0.184. The van der Waals surface area contributed by atoms with Gasteiger partial charge in [-0.3, -0.25) is 13.6 Å². The average Bonchev–Trinajstić information content (AvgIpc) is 2.25. The zero-order valence-electron chi connectivity index (χ0n) is 11.8. The van der Waals surface area contributed by atoms with Crippen molar-refractivity contribution >= 4 is 24.4 Å². The molecule has 0 rings (SSSR count). The molecular formula is C11H23O6PS. The van der Waals surface area contributed by atoms with Crippen molar-refractivity contribution in [1.82, 2.24) is 0 Å². The van der Waals surface area contributed by atoms with E-state index in [4.69, 9.17) is 9.79 Å². The van der Waals surface area contributed by atoms with E-state index in [9.17, 15) is 13.6 Å². The van der Waals surface area contributed by atoms with E-state index in [0.29, 0.717) is 18.6 Å². The van der Waals surface area contributed by atoms with Crippen LogP contribution in [-0.2, 0) is 24.9 Å². The number of esters is 1. The van der Waals surface area contributed by atoms with E-state index in [1.807, 2.05) is 0 Å². The fourth-order valence-corrected chi connectivity index (χ4v) is 3.59. The van der Waals surface area contributed by atoms with E-state index in [2.05, 4.69) is 4.74 Å². The number of rotatable bonds is 8. The zero-order valence-corrected chi connectivity index (χ0v) is 13.5. The van der Waals surface area contributed by atoms with Gasteiger partial charge in [0, 0.05) is 22.3 Å². The highest BCUT2D eigenvalue weighted by molar-refractivity contribution is 7.85. The Bertz CT molecular complexity index is 375. The summed E-state index contributed by atoms with van der Waals surface area (Å²) in [6.45, 7) is 4.80. The number of ether oxygens (including phenoxy) is 1. The molecule has 0 aromatic heterocycles. The molecule has 0 saturated carbocycles. The van der Waals surface area contributed by atoms with Gasteiger partial charge in [0.15, 0.2) is 0 Å². The molecule has 0 amide bonds. The van der Waals surface area contributed by atoms with E-state index in [1.165, 1.54) is 14.0 Å². The summed E-state index contributed by atoms with van der Waals surface area (Å²) in [5.41, 5.74) is -1.54. The summed E-state index contributed by atoms with van der Waals surface area (Å²) in [6, 6.07) is 0. The molecular weight excluding hydrogens is 291 g/mol. The molecule has 6 nitrogen and oxygen atoms in total. The van der Waals surface area contributed by atoms with E-state index in [-0.39, 0.29) is 5.75 Å². The standard InChI is InChI=1S/C11H23O6PS/c1-9(18(13,14)15)6-5-7-19(16)8-11(2,3)10(12)17-4/h9H,5-8H2,1-4H3,(H2,13,14,15). The Morgan fingerprint density at radius 3 is 2.37 bits per heavy atom. The van der Waals surface area contributed by atoms with Gasteiger partial charge in [-0.05, 0) is 26.7 Å². The molecule has 2 atom stereocenters. The molecule has 0 aliphatic carbocycles. The van der Waals surface area contributed by atoms with Crippen molar-refractivity contribution in [2.75, 3.05) is 18.6 Å². The van der Waals surface area contributed by atoms with Crippen LogP contribution in [0.5, 0.6) is 0 Å². The third-order valence-corrected chi connectivity index (χ3v) is 6.02. The highest BCUT2D eigenvalue weighted by Crippen LogP contribution is 2.42. The van der Waals surface area contributed by atoms with Crippen LogP contribution in [0.1, 0.15) is 33.6 Å². The SMILES string of the molecule is COC(=O)C(C)(C)CS(=O)CCCC(C)P(=O)(O)O. The molecule has 2 N–H and O–H groups in total. The monoisotopic (exact) mass is 314 g/mol. The Morgan fingerprint density at radius 1 is 1.42 bits per heavy atom. The van der Waals surface area contributed by atoms with Crippen molar-refractivity contribution in [3.8, 4) is 0 Å². The largest absolute Gasteiger partial charge is 0.469 e.